The zero-order valence-corrected chi connectivity index (χ0v) is 10.2. The van der Waals surface area contributed by atoms with E-state index in [0.29, 0.717) is 5.69 Å². The summed E-state index contributed by atoms with van der Waals surface area (Å²) in [4.78, 5) is 14.1. The summed E-state index contributed by atoms with van der Waals surface area (Å²) in [5.74, 6) is 0.832. The lowest BCUT2D eigenvalue weighted by atomic mass is 9.99. The van der Waals surface area contributed by atoms with E-state index in [1.54, 1.807) is 4.68 Å². The van der Waals surface area contributed by atoms with Gasteiger partial charge in [0.25, 0.3) is 5.91 Å². The summed E-state index contributed by atoms with van der Waals surface area (Å²) in [6.07, 6.45) is 4.11. The molecule has 1 aliphatic heterocycles. The molecule has 4 nitrogen and oxygen atoms in total. The summed E-state index contributed by atoms with van der Waals surface area (Å²) < 4.78 is 1.70. The lowest BCUT2D eigenvalue weighted by Gasteiger charge is -2.29. The van der Waals surface area contributed by atoms with Gasteiger partial charge in [0.05, 0.1) is 0 Å². The molecule has 0 N–H and O–H groups in total. The van der Waals surface area contributed by atoms with Crippen molar-refractivity contribution in [1.82, 2.24) is 14.7 Å². The normalized spacial score (nSPS) is 17.8. The molecule has 88 valence electrons. The highest BCUT2D eigenvalue weighted by atomic mass is 16.2. The van der Waals surface area contributed by atoms with Gasteiger partial charge in [-0.1, -0.05) is 6.92 Å². The fraction of sp³-hybridized carbons (Fsp3) is 0.667. The number of likely N-dealkylation sites (tertiary alicyclic amines) is 1. The summed E-state index contributed by atoms with van der Waals surface area (Å²) in [7, 11) is 1.85. The Morgan fingerprint density at radius 3 is 2.56 bits per heavy atom. The molecule has 0 unspecified atom stereocenters. The number of hydrogen-bond acceptors (Lipinski definition) is 2. The molecule has 16 heavy (non-hydrogen) atoms. The van der Waals surface area contributed by atoms with Crippen LogP contribution in [0.3, 0.4) is 0 Å². The van der Waals surface area contributed by atoms with Crippen LogP contribution < -0.4 is 0 Å². The van der Waals surface area contributed by atoms with Crippen LogP contribution in [-0.4, -0.2) is 33.7 Å². The number of aromatic nitrogens is 2. The number of rotatable bonds is 1. The van der Waals surface area contributed by atoms with Gasteiger partial charge in [-0.3, -0.25) is 9.48 Å². The van der Waals surface area contributed by atoms with Gasteiger partial charge < -0.3 is 4.90 Å². The van der Waals surface area contributed by atoms with E-state index >= 15 is 0 Å². The van der Waals surface area contributed by atoms with E-state index in [2.05, 4.69) is 12.0 Å². The van der Waals surface area contributed by atoms with Crippen LogP contribution in [0.25, 0.3) is 0 Å². The molecule has 2 heterocycles. The van der Waals surface area contributed by atoms with E-state index in [-0.39, 0.29) is 5.91 Å². The molecule has 0 saturated carbocycles. The number of carbonyl (C=O) groups is 1. The Hall–Kier alpha value is -1.32. The molecule has 0 aliphatic carbocycles. The molecular weight excluding hydrogens is 202 g/mol. The average molecular weight is 221 g/mol. The first-order chi connectivity index (χ1) is 7.58. The van der Waals surface area contributed by atoms with Crippen molar-refractivity contribution in [3.63, 3.8) is 0 Å². The zero-order valence-electron chi connectivity index (χ0n) is 10.2. The van der Waals surface area contributed by atoms with Crippen LogP contribution in [0.2, 0.25) is 0 Å². The Morgan fingerprint density at radius 1 is 1.44 bits per heavy atom. The highest BCUT2D eigenvalue weighted by Crippen LogP contribution is 2.18. The second-order valence-electron chi connectivity index (χ2n) is 4.81. The van der Waals surface area contributed by atoms with Gasteiger partial charge >= 0.3 is 0 Å². The molecule has 0 radical (unpaired) electrons. The summed E-state index contributed by atoms with van der Waals surface area (Å²) in [6.45, 7) is 5.92. The van der Waals surface area contributed by atoms with Gasteiger partial charge in [0.1, 0.15) is 0 Å². The molecule has 1 aromatic heterocycles. The summed E-state index contributed by atoms with van der Waals surface area (Å²) >= 11 is 0. The van der Waals surface area contributed by atoms with Gasteiger partial charge in [-0.2, -0.15) is 5.10 Å². The average Bonchev–Trinajstić information content (AvgIpc) is 2.58. The monoisotopic (exact) mass is 221 g/mol. The second kappa shape index (κ2) is 4.28. The van der Waals surface area contributed by atoms with E-state index in [1.807, 2.05) is 25.1 Å². The first-order valence-corrected chi connectivity index (χ1v) is 5.87. The van der Waals surface area contributed by atoms with Crippen LogP contribution in [-0.2, 0) is 7.05 Å². The van der Waals surface area contributed by atoms with Gasteiger partial charge in [-0.05, 0) is 25.7 Å². The third kappa shape index (κ3) is 2.10. The van der Waals surface area contributed by atoms with Gasteiger partial charge in [-0.25, -0.2) is 0 Å². The molecule has 1 aromatic rings. The Kier molecular flexibility index (Phi) is 2.99. The first kappa shape index (κ1) is 11.2. The minimum absolute atomic E-state index is 0.0880. The smallest absolute Gasteiger partial charge is 0.274 e. The largest absolute Gasteiger partial charge is 0.337 e. The molecule has 1 amide bonds. The SMILES string of the molecule is Cc1cn(C)nc1C(=O)N1CCC(C)CC1. The molecule has 4 heteroatoms. The summed E-state index contributed by atoms with van der Waals surface area (Å²) in [5, 5.41) is 4.23. The van der Waals surface area contributed by atoms with Crippen LogP contribution in [0.15, 0.2) is 6.20 Å². The van der Waals surface area contributed by atoms with Crippen molar-refractivity contribution in [3.05, 3.63) is 17.5 Å². The number of piperidine rings is 1. The standard InChI is InChI=1S/C12H19N3O/c1-9-4-6-15(7-5-9)12(16)11-10(2)8-14(3)13-11/h8-9H,4-7H2,1-3H3. The van der Waals surface area contributed by atoms with E-state index in [4.69, 9.17) is 0 Å². The summed E-state index contributed by atoms with van der Waals surface area (Å²) in [5.41, 5.74) is 1.57. The second-order valence-corrected chi connectivity index (χ2v) is 4.81. The molecule has 0 bridgehead atoms. The van der Waals surface area contributed by atoms with Crippen molar-refractivity contribution < 1.29 is 4.79 Å². The maximum atomic E-state index is 12.2. The number of carbonyl (C=O) groups excluding carboxylic acids is 1. The Bertz CT molecular complexity index is 389. The predicted octanol–water partition coefficient (Wildman–Crippen LogP) is 1.60. The lowest BCUT2D eigenvalue weighted by molar-refractivity contribution is 0.0689. The molecule has 1 aliphatic rings. The Labute approximate surface area is 96.2 Å². The van der Waals surface area contributed by atoms with Crippen molar-refractivity contribution in [1.29, 1.82) is 0 Å². The highest BCUT2D eigenvalue weighted by Gasteiger charge is 2.24. The fourth-order valence-corrected chi connectivity index (χ4v) is 2.18. The van der Waals surface area contributed by atoms with Gasteiger partial charge in [0.15, 0.2) is 5.69 Å². The minimum Gasteiger partial charge on any atom is -0.337 e. The predicted molar refractivity (Wildman–Crippen MR) is 62.2 cm³/mol. The van der Waals surface area contributed by atoms with Crippen LogP contribution in [0.4, 0.5) is 0 Å². The molecule has 0 atom stereocenters. The maximum Gasteiger partial charge on any atom is 0.274 e. The molecule has 1 saturated heterocycles. The van der Waals surface area contributed by atoms with Crippen molar-refractivity contribution in [2.45, 2.75) is 26.7 Å². The van der Waals surface area contributed by atoms with E-state index in [0.717, 1.165) is 37.4 Å². The molecule has 2 rings (SSSR count). The van der Waals surface area contributed by atoms with Crippen LogP contribution in [0, 0.1) is 12.8 Å². The third-order valence-corrected chi connectivity index (χ3v) is 3.29. The minimum atomic E-state index is 0.0880. The Balaban J connectivity index is 2.10. The molecular formula is C12H19N3O. The summed E-state index contributed by atoms with van der Waals surface area (Å²) in [6, 6.07) is 0. The van der Waals surface area contributed by atoms with Crippen molar-refractivity contribution >= 4 is 5.91 Å². The zero-order chi connectivity index (χ0) is 11.7. The van der Waals surface area contributed by atoms with Crippen molar-refractivity contribution in [2.75, 3.05) is 13.1 Å². The van der Waals surface area contributed by atoms with E-state index in [1.165, 1.54) is 0 Å². The van der Waals surface area contributed by atoms with Crippen LogP contribution >= 0.6 is 0 Å². The number of nitrogens with zero attached hydrogens (tertiary/aromatic N) is 3. The highest BCUT2D eigenvalue weighted by molar-refractivity contribution is 5.93. The number of aryl methyl sites for hydroxylation is 2. The quantitative estimate of drug-likeness (QED) is 0.722. The molecule has 0 aromatic carbocycles. The van der Waals surface area contributed by atoms with Gasteiger partial charge in [0.2, 0.25) is 0 Å². The third-order valence-electron chi connectivity index (χ3n) is 3.29. The van der Waals surface area contributed by atoms with E-state index < -0.39 is 0 Å². The fourth-order valence-electron chi connectivity index (χ4n) is 2.18. The Morgan fingerprint density at radius 2 is 2.06 bits per heavy atom. The van der Waals surface area contributed by atoms with Gasteiger partial charge in [-0.15, -0.1) is 0 Å². The van der Waals surface area contributed by atoms with Crippen LogP contribution in [0.5, 0.6) is 0 Å². The lowest BCUT2D eigenvalue weighted by Crippen LogP contribution is -2.38. The van der Waals surface area contributed by atoms with E-state index in [9.17, 15) is 4.79 Å². The molecule has 0 spiro atoms. The number of amides is 1. The molecule has 1 fully saturated rings. The number of hydrogen-bond donors (Lipinski definition) is 0. The maximum absolute atomic E-state index is 12.2. The topological polar surface area (TPSA) is 38.1 Å². The first-order valence-electron chi connectivity index (χ1n) is 5.87. The van der Waals surface area contributed by atoms with Gasteiger partial charge in [0, 0.05) is 31.9 Å². The van der Waals surface area contributed by atoms with Crippen LogP contribution in [0.1, 0.15) is 35.8 Å². The van der Waals surface area contributed by atoms with Crippen molar-refractivity contribution in [3.8, 4) is 0 Å². The van der Waals surface area contributed by atoms with Crippen molar-refractivity contribution in [2.24, 2.45) is 13.0 Å².